The average Bonchev–Trinajstić information content (AvgIpc) is 2.55. The average molecular weight is 329 g/mol. The van der Waals surface area contributed by atoms with E-state index in [2.05, 4.69) is 10.2 Å². The molecule has 0 aliphatic carbocycles. The molecule has 0 saturated carbocycles. The highest BCUT2D eigenvalue weighted by molar-refractivity contribution is 8.13. The first-order valence-corrected chi connectivity index (χ1v) is 7.77. The molecule has 2 aromatic rings. The molecule has 6 nitrogen and oxygen atoms in total. The van der Waals surface area contributed by atoms with Crippen LogP contribution in [0.5, 0.6) is 5.75 Å². The van der Waals surface area contributed by atoms with Gasteiger partial charge < -0.3 is 20.9 Å². The molecule has 23 heavy (non-hydrogen) atoms. The summed E-state index contributed by atoms with van der Waals surface area (Å²) < 4.78 is 0. The molecule has 0 radical (unpaired) electrons. The molecule has 0 bridgehead atoms. The Balaban J connectivity index is 1.98. The monoisotopic (exact) mass is 329 g/mol. The fourth-order valence-electron chi connectivity index (χ4n) is 1.75. The zero-order valence-electron chi connectivity index (χ0n) is 12.2. The van der Waals surface area contributed by atoms with Crippen LogP contribution in [0.15, 0.2) is 58.7 Å². The number of nitrogens with zero attached hydrogens (tertiary/aromatic N) is 2. The fraction of sp³-hybridized carbons (Fsp3) is 0.0667. The van der Waals surface area contributed by atoms with Crippen molar-refractivity contribution in [2.45, 2.75) is 5.75 Å². The normalized spacial score (nSPS) is 11.8. The maximum Gasteiger partial charge on any atom is 0.488 e. The Labute approximate surface area is 138 Å². The SMILES string of the molecule is NC(=NN=Cc1cc(B(O)O)ccc1O)SCc1ccccc1. The zero-order valence-corrected chi connectivity index (χ0v) is 13.0. The molecule has 0 aromatic heterocycles. The molecular weight excluding hydrogens is 313 g/mol. The third-order valence-electron chi connectivity index (χ3n) is 2.93. The third kappa shape index (κ3) is 5.44. The van der Waals surface area contributed by atoms with Gasteiger partial charge in [0.1, 0.15) is 5.75 Å². The lowest BCUT2D eigenvalue weighted by Crippen LogP contribution is -2.29. The van der Waals surface area contributed by atoms with Crippen molar-refractivity contribution in [3.05, 3.63) is 59.7 Å². The Morgan fingerprint density at radius 1 is 1.17 bits per heavy atom. The lowest BCUT2D eigenvalue weighted by atomic mass is 9.79. The largest absolute Gasteiger partial charge is 0.507 e. The predicted octanol–water partition coefficient (Wildman–Crippen LogP) is 0.654. The number of hydrogen-bond acceptors (Lipinski definition) is 6. The highest BCUT2D eigenvalue weighted by Gasteiger charge is 2.12. The molecule has 0 amide bonds. The van der Waals surface area contributed by atoms with E-state index in [-0.39, 0.29) is 11.2 Å². The van der Waals surface area contributed by atoms with Crippen LogP contribution in [-0.2, 0) is 5.75 Å². The second-order valence-corrected chi connectivity index (χ2v) is 5.64. The van der Waals surface area contributed by atoms with E-state index in [1.807, 2.05) is 30.3 Å². The van der Waals surface area contributed by atoms with Gasteiger partial charge in [0.25, 0.3) is 0 Å². The lowest BCUT2D eigenvalue weighted by molar-refractivity contribution is 0.425. The lowest BCUT2D eigenvalue weighted by Gasteiger charge is -2.02. The number of benzene rings is 2. The Morgan fingerprint density at radius 3 is 2.61 bits per heavy atom. The summed E-state index contributed by atoms with van der Waals surface area (Å²) in [6.45, 7) is 0. The van der Waals surface area contributed by atoms with E-state index in [4.69, 9.17) is 15.8 Å². The van der Waals surface area contributed by atoms with Gasteiger partial charge in [-0.1, -0.05) is 48.2 Å². The van der Waals surface area contributed by atoms with Gasteiger partial charge in [0, 0.05) is 11.3 Å². The summed E-state index contributed by atoms with van der Waals surface area (Å²) in [6, 6.07) is 14.0. The van der Waals surface area contributed by atoms with Gasteiger partial charge in [0.05, 0.1) is 6.21 Å². The Morgan fingerprint density at radius 2 is 1.91 bits per heavy atom. The van der Waals surface area contributed by atoms with E-state index in [0.717, 1.165) is 5.56 Å². The number of rotatable bonds is 5. The standard InChI is InChI=1S/C15H16BN3O3S/c17-15(23-10-11-4-2-1-3-5-11)19-18-9-12-8-13(16(21)22)6-7-14(12)20/h1-9,20-22H,10H2,(H2,17,19). The summed E-state index contributed by atoms with van der Waals surface area (Å²) >= 11 is 1.35. The fourth-order valence-corrected chi connectivity index (χ4v) is 2.36. The first-order valence-electron chi connectivity index (χ1n) is 6.78. The van der Waals surface area contributed by atoms with Gasteiger partial charge in [0.15, 0.2) is 5.17 Å². The number of aromatic hydroxyl groups is 1. The van der Waals surface area contributed by atoms with Crippen LogP contribution in [0.25, 0.3) is 0 Å². The number of amidine groups is 1. The topological polar surface area (TPSA) is 111 Å². The van der Waals surface area contributed by atoms with Crippen molar-refractivity contribution in [3.8, 4) is 5.75 Å². The minimum atomic E-state index is -1.61. The van der Waals surface area contributed by atoms with Gasteiger partial charge in [0.2, 0.25) is 0 Å². The number of phenolic OH excluding ortho intramolecular Hbond substituents is 1. The van der Waals surface area contributed by atoms with E-state index in [1.165, 1.54) is 36.2 Å². The van der Waals surface area contributed by atoms with E-state index in [1.54, 1.807) is 0 Å². The quantitative estimate of drug-likeness (QED) is 0.279. The number of nitrogens with two attached hydrogens (primary N) is 1. The summed E-state index contributed by atoms with van der Waals surface area (Å²) in [7, 11) is -1.61. The van der Waals surface area contributed by atoms with Crippen LogP contribution in [0.1, 0.15) is 11.1 Å². The summed E-state index contributed by atoms with van der Waals surface area (Å²) in [4.78, 5) is 0. The van der Waals surface area contributed by atoms with Crippen molar-refractivity contribution < 1.29 is 15.2 Å². The van der Waals surface area contributed by atoms with Crippen LogP contribution >= 0.6 is 11.8 Å². The number of thioether (sulfide) groups is 1. The molecule has 0 fully saturated rings. The van der Waals surface area contributed by atoms with Crippen molar-refractivity contribution in [2.75, 3.05) is 0 Å². The molecule has 118 valence electrons. The van der Waals surface area contributed by atoms with Crippen molar-refractivity contribution in [1.29, 1.82) is 0 Å². The summed E-state index contributed by atoms with van der Waals surface area (Å²) in [5, 5.41) is 35.9. The van der Waals surface area contributed by atoms with Crippen LogP contribution < -0.4 is 11.2 Å². The predicted molar refractivity (Wildman–Crippen MR) is 94.9 cm³/mol. The van der Waals surface area contributed by atoms with Crippen molar-refractivity contribution in [2.24, 2.45) is 15.9 Å². The minimum absolute atomic E-state index is 0.0381. The van der Waals surface area contributed by atoms with Crippen molar-refractivity contribution in [1.82, 2.24) is 0 Å². The van der Waals surface area contributed by atoms with E-state index in [0.29, 0.717) is 16.5 Å². The first kappa shape index (κ1) is 17.1. The highest BCUT2D eigenvalue weighted by Crippen LogP contribution is 2.13. The molecular formula is C15H16BN3O3S. The van der Waals surface area contributed by atoms with Gasteiger partial charge in [-0.2, -0.15) is 5.10 Å². The maximum atomic E-state index is 9.69. The second-order valence-electron chi connectivity index (χ2n) is 4.65. The first-order chi connectivity index (χ1) is 11.1. The van der Waals surface area contributed by atoms with Crippen LogP contribution in [0.2, 0.25) is 0 Å². The van der Waals surface area contributed by atoms with Gasteiger partial charge >= 0.3 is 7.12 Å². The Hall–Kier alpha value is -2.29. The van der Waals surface area contributed by atoms with Crippen molar-refractivity contribution in [3.63, 3.8) is 0 Å². The molecule has 0 aliphatic rings. The van der Waals surface area contributed by atoms with Crippen LogP contribution in [0, 0.1) is 0 Å². The number of phenols is 1. The van der Waals surface area contributed by atoms with E-state index < -0.39 is 7.12 Å². The third-order valence-corrected chi connectivity index (χ3v) is 3.79. The second kappa shape index (κ2) is 8.37. The van der Waals surface area contributed by atoms with Gasteiger partial charge in [-0.15, -0.1) is 5.10 Å². The summed E-state index contributed by atoms with van der Waals surface area (Å²) in [6.07, 6.45) is 1.30. The molecule has 0 spiro atoms. The highest BCUT2D eigenvalue weighted by atomic mass is 32.2. The molecule has 0 heterocycles. The molecule has 0 atom stereocenters. The molecule has 2 rings (SSSR count). The molecule has 5 N–H and O–H groups in total. The maximum absolute atomic E-state index is 9.69. The van der Waals surface area contributed by atoms with E-state index in [9.17, 15) is 5.11 Å². The van der Waals surface area contributed by atoms with Gasteiger partial charge in [-0.3, -0.25) is 0 Å². The minimum Gasteiger partial charge on any atom is -0.507 e. The molecule has 0 aliphatic heterocycles. The van der Waals surface area contributed by atoms with Crippen LogP contribution in [0.3, 0.4) is 0 Å². The van der Waals surface area contributed by atoms with Gasteiger partial charge in [-0.25, -0.2) is 0 Å². The number of hydrogen-bond donors (Lipinski definition) is 4. The molecule has 0 unspecified atom stereocenters. The molecule has 0 saturated heterocycles. The van der Waals surface area contributed by atoms with Crippen molar-refractivity contribution >= 4 is 35.7 Å². The summed E-state index contributed by atoms with van der Waals surface area (Å²) in [5.74, 6) is 0.646. The van der Waals surface area contributed by atoms with Crippen LogP contribution in [-0.4, -0.2) is 33.7 Å². The van der Waals surface area contributed by atoms with E-state index >= 15 is 0 Å². The Bertz CT molecular complexity index is 708. The smallest absolute Gasteiger partial charge is 0.488 e. The molecule has 2 aromatic carbocycles. The Kier molecular flexibility index (Phi) is 6.22. The van der Waals surface area contributed by atoms with Gasteiger partial charge in [-0.05, 0) is 23.2 Å². The zero-order chi connectivity index (χ0) is 16.7. The van der Waals surface area contributed by atoms with Crippen LogP contribution in [0.4, 0.5) is 0 Å². The molecule has 8 heteroatoms. The summed E-state index contributed by atoms with van der Waals surface area (Å²) in [5.41, 5.74) is 7.45.